The summed E-state index contributed by atoms with van der Waals surface area (Å²) in [7, 11) is 0. The van der Waals surface area contributed by atoms with Crippen LogP contribution in [0.15, 0.2) is 53.2 Å². The molecule has 0 bridgehead atoms. The van der Waals surface area contributed by atoms with Crippen molar-refractivity contribution in [1.29, 1.82) is 0 Å². The van der Waals surface area contributed by atoms with Crippen LogP contribution in [0, 0.1) is 0 Å². The molecule has 3 aromatic rings. The van der Waals surface area contributed by atoms with Crippen molar-refractivity contribution in [3.8, 4) is 11.5 Å². The summed E-state index contributed by atoms with van der Waals surface area (Å²) in [5, 5.41) is 4.13. The van der Waals surface area contributed by atoms with E-state index >= 15 is 0 Å². The number of aromatic nitrogens is 3. The van der Waals surface area contributed by atoms with Gasteiger partial charge in [-0.3, -0.25) is 4.98 Å². The maximum Gasteiger partial charge on any atom is 0.433 e. The van der Waals surface area contributed by atoms with Crippen LogP contribution in [0.3, 0.4) is 0 Å². The van der Waals surface area contributed by atoms with Gasteiger partial charge in [0.25, 0.3) is 5.89 Å². The number of carbonyl (C=O) groups excluding carboxylic acids is 1. The van der Waals surface area contributed by atoms with Gasteiger partial charge in [0.2, 0.25) is 0 Å². The van der Waals surface area contributed by atoms with Crippen LogP contribution in [0.1, 0.15) is 63.0 Å². The summed E-state index contributed by atoms with van der Waals surface area (Å²) in [5.41, 5.74) is -0.639. The van der Waals surface area contributed by atoms with Gasteiger partial charge in [0.05, 0.1) is 11.0 Å². The molecule has 2 aliphatic rings. The highest BCUT2D eigenvalue weighted by Crippen LogP contribution is 2.52. The van der Waals surface area contributed by atoms with Gasteiger partial charge in [-0.2, -0.15) is 18.2 Å². The summed E-state index contributed by atoms with van der Waals surface area (Å²) < 4.78 is 49.6. The van der Waals surface area contributed by atoms with Crippen molar-refractivity contribution in [2.24, 2.45) is 0 Å². The third kappa shape index (κ3) is 5.08. The van der Waals surface area contributed by atoms with E-state index in [1.807, 2.05) is 39.0 Å². The Kier molecular flexibility index (Phi) is 5.80. The molecule has 2 atom stereocenters. The molecule has 2 aromatic heterocycles. The van der Waals surface area contributed by atoms with E-state index in [2.05, 4.69) is 27.3 Å². The SMILES string of the molecule is CC(C)(C)OC(=O)N(CC1(c2noc(-c3ccc(C(F)(F)F)nc3)n2)CC1)[C@H]1C[C@@H]1c1ccccc1. The van der Waals surface area contributed by atoms with Crippen molar-refractivity contribution >= 4 is 6.09 Å². The molecule has 10 heteroatoms. The van der Waals surface area contributed by atoms with E-state index < -0.39 is 22.9 Å². The lowest BCUT2D eigenvalue weighted by molar-refractivity contribution is -0.141. The largest absolute Gasteiger partial charge is 0.444 e. The molecular weight excluding hydrogens is 473 g/mol. The lowest BCUT2D eigenvalue weighted by Crippen LogP contribution is -2.43. The summed E-state index contributed by atoms with van der Waals surface area (Å²) >= 11 is 0. The molecule has 0 radical (unpaired) electrons. The molecule has 1 amide bonds. The lowest BCUT2D eigenvalue weighted by atomic mass is 10.1. The fourth-order valence-corrected chi connectivity index (χ4v) is 4.40. The zero-order valence-electron chi connectivity index (χ0n) is 20.2. The minimum absolute atomic E-state index is 0.00482. The van der Waals surface area contributed by atoms with Crippen molar-refractivity contribution < 1.29 is 27.2 Å². The van der Waals surface area contributed by atoms with Gasteiger partial charge in [0.1, 0.15) is 11.3 Å². The Balaban J connectivity index is 1.36. The number of halogens is 3. The number of pyridine rings is 1. The standard InChI is InChI=1S/C26H27F3N4O3/c1-24(2,3)35-23(34)33(19-13-18(19)16-7-5-4-6-8-16)15-25(11-12-25)22-31-21(36-32-22)17-9-10-20(30-14-17)26(27,28)29/h4-10,14,18-19H,11-13,15H2,1-3H3/t18-,19+/m1/s1. The molecule has 0 unspecified atom stereocenters. The van der Waals surface area contributed by atoms with Crippen molar-refractivity contribution in [1.82, 2.24) is 20.0 Å². The highest BCUT2D eigenvalue weighted by atomic mass is 19.4. The molecule has 2 saturated carbocycles. The van der Waals surface area contributed by atoms with Gasteiger partial charge < -0.3 is 14.2 Å². The van der Waals surface area contributed by atoms with Crippen LogP contribution in [0.5, 0.6) is 0 Å². The molecule has 0 saturated heterocycles. The number of ether oxygens (including phenoxy) is 1. The zero-order chi connectivity index (χ0) is 25.7. The maximum absolute atomic E-state index is 13.2. The lowest BCUT2D eigenvalue weighted by Gasteiger charge is -2.30. The second-order valence-corrected chi connectivity index (χ2v) is 10.6. The predicted molar refractivity (Wildman–Crippen MR) is 124 cm³/mol. The van der Waals surface area contributed by atoms with Gasteiger partial charge in [0, 0.05) is 24.7 Å². The van der Waals surface area contributed by atoms with Crippen molar-refractivity contribution in [3.63, 3.8) is 0 Å². The third-order valence-corrected chi connectivity index (χ3v) is 6.54. The van der Waals surface area contributed by atoms with E-state index in [1.165, 1.54) is 11.6 Å². The first-order valence-corrected chi connectivity index (χ1v) is 11.9. The average molecular weight is 501 g/mol. The Labute approximate surface area is 206 Å². The van der Waals surface area contributed by atoms with Crippen LogP contribution in [0.2, 0.25) is 0 Å². The Morgan fingerprint density at radius 1 is 1.14 bits per heavy atom. The molecular formula is C26H27F3N4O3. The predicted octanol–water partition coefficient (Wildman–Crippen LogP) is 5.98. The van der Waals surface area contributed by atoms with Crippen LogP contribution >= 0.6 is 0 Å². The summed E-state index contributed by atoms with van der Waals surface area (Å²) in [4.78, 5) is 23.0. The molecule has 5 rings (SSSR count). The third-order valence-electron chi connectivity index (χ3n) is 6.54. The summed E-state index contributed by atoms with van der Waals surface area (Å²) in [6.07, 6.45) is -1.47. The smallest absolute Gasteiger partial charge is 0.433 e. The molecule has 0 aliphatic heterocycles. The molecule has 36 heavy (non-hydrogen) atoms. The van der Waals surface area contributed by atoms with E-state index in [0.717, 1.165) is 31.5 Å². The number of amides is 1. The van der Waals surface area contributed by atoms with E-state index in [4.69, 9.17) is 9.26 Å². The number of nitrogens with zero attached hydrogens (tertiary/aromatic N) is 4. The first kappa shape index (κ1) is 24.3. The zero-order valence-corrected chi connectivity index (χ0v) is 20.2. The van der Waals surface area contributed by atoms with Crippen LogP contribution < -0.4 is 0 Å². The quantitative estimate of drug-likeness (QED) is 0.415. The van der Waals surface area contributed by atoms with E-state index in [9.17, 15) is 18.0 Å². The summed E-state index contributed by atoms with van der Waals surface area (Å²) in [5.74, 6) is 0.756. The molecule has 0 N–H and O–H groups in total. The number of hydrogen-bond acceptors (Lipinski definition) is 6. The molecule has 2 aliphatic carbocycles. The first-order chi connectivity index (χ1) is 17.0. The highest BCUT2D eigenvalue weighted by molar-refractivity contribution is 5.70. The molecule has 190 valence electrons. The van der Waals surface area contributed by atoms with E-state index in [-0.39, 0.29) is 23.9 Å². The normalized spacial score (nSPS) is 20.6. The number of benzene rings is 1. The van der Waals surface area contributed by atoms with Crippen molar-refractivity contribution in [2.75, 3.05) is 6.54 Å². The number of hydrogen-bond donors (Lipinski definition) is 0. The summed E-state index contributed by atoms with van der Waals surface area (Å²) in [6, 6.07) is 12.2. The Morgan fingerprint density at radius 2 is 1.86 bits per heavy atom. The fraction of sp³-hybridized carbons (Fsp3) is 0.462. The van der Waals surface area contributed by atoms with Crippen LogP contribution in [0.25, 0.3) is 11.5 Å². The Morgan fingerprint density at radius 3 is 2.44 bits per heavy atom. The molecule has 2 fully saturated rings. The number of rotatable bonds is 6. The van der Waals surface area contributed by atoms with E-state index in [0.29, 0.717) is 17.9 Å². The minimum atomic E-state index is -4.53. The molecule has 0 spiro atoms. The van der Waals surface area contributed by atoms with Crippen LogP contribution in [-0.2, 0) is 16.3 Å². The van der Waals surface area contributed by atoms with Gasteiger partial charge in [-0.1, -0.05) is 35.5 Å². The first-order valence-electron chi connectivity index (χ1n) is 11.9. The Hall–Kier alpha value is -3.43. The molecule has 1 aromatic carbocycles. The van der Waals surface area contributed by atoms with Gasteiger partial charge in [-0.05, 0) is 57.7 Å². The van der Waals surface area contributed by atoms with Crippen LogP contribution in [0.4, 0.5) is 18.0 Å². The van der Waals surface area contributed by atoms with E-state index in [1.54, 1.807) is 4.90 Å². The number of carbonyl (C=O) groups is 1. The number of alkyl halides is 3. The van der Waals surface area contributed by atoms with Crippen molar-refractivity contribution in [3.05, 3.63) is 65.7 Å². The topological polar surface area (TPSA) is 81.4 Å². The second-order valence-electron chi connectivity index (χ2n) is 10.6. The van der Waals surface area contributed by atoms with Crippen molar-refractivity contribution in [2.45, 2.75) is 69.2 Å². The molecule has 7 nitrogen and oxygen atoms in total. The minimum Gasteiger partial charge on any atom is -0.444 e. The van der Waals surface area contributed by atoms with Gasteiger partial charge in [-0.25, -0.2) is 4.79 Å². The average Bonchev–Trinajstić information content (AvgIpc) is 3.73. The second kappa shape index (κ2) is 8.60. The monoisotopic (exact) mass is 500 g/mol. The van der Waals surface area contributed by atoms with Gasteiger partial charge in [0.15, 0.2) is 5.82 Å². The highest BCUT2D eigenvalue weighted by Gasteiger charge is 2.55. The van der Waals surface area contributed by atoms with Gasteiger partial charge in [-0.15, -0.1) is 0 Å². The summed E-state index contributed by atoms with van der Waals surface area (Å²) in [6.45, 7) is 5.88. The molecule has 2 heterocycles. The van der Waals surface area contributed by atoms with Gasteiger partial charge >= 0.3 is 12.3 Å². The maximum atomic E-state index is 13.2. The van der Waals surface area contributed by atoms with Crippen LogP contribution in [-0.4, -0.2) is 44.3 Å². The fourth-order valence-electron chi connectivity index (χ4n) is 4.40. The Bertz CT molecular complexity index is 1230.